The van der Waals surface area contributed by atoms with Gasteiger partial charge in [0, 0.05) is 18.5 Å². The first-order valence-corrected chi connectivity index (χ1v) is 8.26. The zero-order valence-electron chi connectivity index (χ0n) is 14.3. The van der Waals surface area contributed by atoms with Crippen LogP contribution in [0.5, 0.6) is 5.75 Å². The molecule has 0 bridgehead atoms. The minimum atomic E-state index is -0.339. The highest BCUT2D eigenvalue weighted by Gasteiger charge is 2.19. The molecule has 1 fully saturated rings. The zero-order chi connectivity index (χ0) is 17.2. The average molecular weight is 379 g/mol. The molecule has 0 aliphatic carbocycles. The Kier molecular flexibility index (Phi) is 5.53. The van der Waals surface area contributed by atoms with Crippen molar-refractivity contribution in [3.8, 4) is 23.0 Å². The zero-order valence-corrected chi connectivity index (χ0v) is 15.1. The molecule has 1 N–H and O–H groups in total. The monoisotopic (exact) mass is 378 g/mol. The third-order valence-electron chi connectivity index (χ3n) is 4.46. The van der Waals surface area contributed by atoms with Gasteiger partial charge in [-0.15, -0.1) is 17.5 Å². The average Bonchev–Trinajstić information content (AvgIpc) is 3.31. The van der Waals surface area contributed by atoms with Gasteiger partial charge >= 0.3 is 0 Å². The van der Waals surface area contributed by atoms with Crippen LogP contribution >= 0.6 is 12.4 Å². The highest BCUT2D eigenvalue weighted by atomic mass is 35.5. The summed E-state index contributed by atoms with van der Waals surface area (Å²) in [4.78, 5) is 4.38. The fourth-order valence-corrected chi connectivity index (χ4v) is 3.17. The molecule has 2 aromatic heterocycles. The second-order valence-electron chi connectivity index (χ2n) is 6.00. The van der Waals surface area contributed by atoms with Crippen LogP contribution < -0.4 is 10.1 Å². The van der Waals surface area contributed by atoms with E-state index >= 15 is 0 Å². The molecule has 3 heterocycles. The van der Waals surface area contributed by atoms with Crippen molar-refractivity contribution in [3.05, 3.63) is 42.6 Å². The van der Waals surface area contributed by atoms with Gasteiger partial charge in [0.15, 0.2) is 5.82 Å². The maximum Gasteiger partial charge on any atom is 0.166 e. The van der Waals surface area contributed by atoms with Gasteiger partial charge in [-0.25, -0.2) is 14.1 Å². The Morgan fingerprint density at radius 1 is 1.27 bits per heavy atom. The Morgan fingerprint density at radius 3 is 2.85 bits per heavy atom. The van der Waals surface area contributed by atoms with Crippen LogP contribution in [-0.4, -0.2) is 44.7 Å². The molecular weight excluding hydrogens is 359 g/mol. The predicted octanol–water partition coefficient (Wildman–Crippen LogP) is 2.62. The third-order valence-corrected chi connectivity index (χ3v) is 4.46. The predicted molar refractivity (Wildman–Crippen MR) is 97.5 cm³/mol. The maximum absolute atomic E-state index is 13.7. The van der Waals surface area contributed by atoms with Gasteiger partial charge in [-0.3, -0.25) is 4.57 Å². The summed E-state index contributed by atoms with van der Waals surface area (Å²) in [5.41, 5.74) is 1.22. The van der Waals surface area contributed by atoms with E-state index in [1.54, 1.807) is 30.1 Å². The van der Waals surface area contributed by atoms with E-state index in [0.717, 1.165) is 25.9 Å². The number of benzene rings is 1. The van der Waals surface area contributed by atoms with Crippen LogP contribution in [0.25, 0.3) is 17.2 Å². The van der Waals surface area contributed by atoms with Gasteiger partial charge < -0.3 is 10.1 Å². The molecule has 3 aromatic rings. The van der Waals surface area contributed by atoms with Crippen molar-refractivity contribution in [3.63, 3.8) is 0 Å². The molecule has 0 radical (unpaired) electrons. The third kappa shape index (κ3) is 3.42. The smallest absolute Gasteiger partial charge is 0.166 e. The Morgan fingerprint density at radius 2 is 2.08 bits per heavy atom. The standard InChI is InChI=1S/C17H19FN6O.ClH/c1-25-16-3-2-12(18)10-15(16)23-9-8-20-17(23)14-11-24(22-21-14)13-4-6-19-7-5-13;/h2-3,8-11,13,19H,4-7H2,1H3;1H. The van der Waals surface area contributed by atoms with Crippen molar-refractivity contribution in [2.24, 2.45) is 0 Å². The largest absolute Gasteiger partial charge is 0.495 e. The van der Waals surface area contributed by atoms with Crippen molar-refractivity contribution in [2.75, 3.05) is 20.2 Å². The van der Waals surface area contributed by atoms with E-state index < -0.39 is 0 Å². The molecule has 0 amide bonds. The molecule has 1 aromatic carbocycles. The molecule has 0 unspecified atom stereocenters. The molecule has 0 spiro atoms. The minimum absolute atomic E-state index is 0. The molecule has 4 rings (SSSR count). The minimum Gasteiger partial charge on any atom is -0.495 e. The van der Waals surface area contributed by atoms with Gasteiger partial charge in [-0.2, -0.15) is 0 Å². The number of nitrogens with one attached hydrogen (secondary N) is 1. The number of ether oxygens (including phenoxy) is 1. The first-order valence-electron chi connectivity index (χ1n) is 8.26. The van der Waals surface area contributed by atoms with E-state index in [9.17, 15) is 4.39 Å². The number of aromatic nitrogens is 5. The lowest BCUT2D eigenvalue weighted by Crippen LogP contribution is -2.29. The van der Waals surface area contributed by atoms with E-state index in [1.165, 1.54) is 12.1 Å². The highest BCUT2D eigenvalue weighted by molar-refractivity contribution is 5.85. The van der Waals surface area contributed by atoms with Crippen molar-refractivity contribution in [1.29, 1.82) is 0 Å². The Hall–Kier alpha value is -2.45. The summed E-state index contributed by atoms with van der Waals surface area (Å²) in [5.74, 6) is 0.823. The molecule has 1 aliphatic rings. The summed E-state index contributed by atoms with van der Waals surface area (Å²) in [6.07, 6.45) is 7.36. The van der Waals surface area contributed by atoms with Crippen LogP contribution in [0.1, 0.15) is 18.9 Å². The number of imidazole rings is 1. The number of rotatable bonds is 4. The van der Waals surface area contributed by atoms with E-state index in [0.29, 0.717) is 29.0 Å². The number of piperidine rings is 1. The van der Waals surface area contributed by atoms with Gasteiger partial charge in [-0.1, -0.05) is 5.21 Å². The molecule has 0 saturated carbocycles. The van der Waals surface area contributed by atoms with Crippen LogP contribution in [0.15, 0.2) is 36.8 Å². The summed E-state index contributed by atoms with van der Waals surface area (Å²) in [6, 6.07) is 4.73. The second kappa shape index (κ2) is 7.84. The lowest BCUT2D eigenvalue weighted by molar-refractivity contribution is 0.337. The van der Waals surface area contributed by atoms with Gasteiger partial charge in [0.25, 0.3) is 0 Å². The number of hydrogen-bond acceptors (Lipinski definition) is 5. The second-order valence-corrected chi connectivity index (χ2v) is 6.00. The lowest BCUT2D eigenvalue weighted by atomic mass is 10.1. The van der Waals surface area contributed by atoms with E-state index in [1.807, 2.05) is 10.9 Å². The topological polar surface area (TPSA) is 69.8 Å². The lowest BCUT2D eigenvalue weighted by Gasteiger charge is -2.22. The van der Waals surface area contributed by atoms with Crippen molar-refractivity contribution in [2.45, 2.75) is 18.9 Å². The SMILES string of the molecule is COc1ccc(F)cc1-n1ccnc1-c1cn(C2CCNCC2)nn1.Cl. The van der Waals surface area contributed by atoms with Crippen LogP contribution in [-0.2, 0) is 0 Å². The Balaban J connectivity index is 0.00000196. The Bertz CT molecular complexity index is 874. The van der Waals surface area contributed by atoms with Crippen molar-refractivity contribution in [1.82, 2.24) is 29.9 Å². The van der Waals surface area contributed by atoms with Gasteiger partial charge in [0.2, 0.25) is 0 Å². The van der Waals surface area contributed by atoms with Gasteiger partial charge in [0.1, 0.15) is 17.3 Å². The summed E-state index contributed by atoms with van der Waals surface area (Å²) in [6.45, 7) is 1.96. The Labute approximate surface area is 156 Å². The fourth-order valence-electron chi connectivity index (χ4n) is 3.17. The molecule has 1 saturated heterocycles. The molecule has 9 heteroatoms. The van der Waals surface area contributed by atoms with Crippen LogP contribution in [0, 0.1) is 5.82 Å². The van der Waals surface area contributed by atoms with Crippen molar-refractivity contribution >= 4 is 12.4 Å². The summed E-state index contributed by atoms with van der Waals surface area (Å²) in [7, 11) is 1.56. The first-order chi connectivity index (χ1) is 12.3. The van der Waals surface area contributed by atoms with Gasteiger partial charge in [0.05, 0.1) is 25.0 Å². The maximum atomic E-state index is 13.7. The highest BCUT2D eigenvalue weighted by Crippen LogP contribution is 2.28. The van der Waals surface area contributed by atoms with Crippen LogP contribution in [0.3, 0.4) is 0 Å². The van der Waals surface area contributed by atoms with E-state index in [2.05, 4.69) is 20.6 Å². The number of methoxy groups -OCH3 is 1. The molecule has 0 atom stereocenters. The molecule has 26 heavy (non-hydrogen) atoms. The molecule has 1 aliphatic heterocycles. The normalized spacial score (nSPS) is 14.8. The van der Waals surface area contributed by atoms with Crippen LogP contribution in [0.2, 0.25) is 0 Å². The quantitative estimate of drug-likeness (QED) is 0.755. The molecule has 138 valence electrons. The van der Waals surface area contributed by atoms with E-state index in [-0.39, 0.29) is 18.2 Å². The van der Waals surface area contributed by atoms with Crippen molar-refractivity contribution < 1.29 is 9.13 Å². The molecular formula is C17H20ClFN6O. The van der Waals surface area contributed by atoms with Gasteiger partial charge in [-0.05, 0) is 38.1 Å². The number of nitrogens with zero attached hydrogens (tertiary/aromatic N) is 5. The number of hydrogen-bond donors (Lipinski definition) is 1. The van der Waals surface area contributed by atoms with Crippen LogP contribution in [0.4, 0.5) is 4.39 Å². The summed E-state index contributed by atoms with van der Waals surface area (Å²) >= 11 is 0. The first kappa shape index (κ1) is 18.3. The number of halogens is 2. The van der Waals surface area contributed by atoms with E-state index in [4.69, 9.17) is 4.74 Å². The summed E-state index contributed by atoms with van der Waals surface area (Å²) < 4.78 is 22.7. The molecule has 7 nitrogen and oxygen atoms in total. The summed E-state index contributed by atoms with van der Waals surface area (Å²) in [5, 5.41) is 11.9. The fraction of sp³-hybridized carbons (Fsp3) is 0.353.